The third kappa shape index (κ3) is 5.91. The van der Waals surface area contributed by atoms with Crippen LogP contribution in [-0.4, -0.2) is 31.9 Å². The van der Waals surface area contributed by atoms with Gasteiger partial charge in [0, 0.05) is 45.1 Å². The molecular weight excluding hydrogens is 583 g/mol. The molecule has 8 nitrogen and oxygen atoms in total. The minimum absolute atomic E-state index is 0. The number of aromatic nitrogens is 4. The van der Waals surface area contributed by atoms with Crippen molar-refractivity contribution in [2.45, 2.75) is 53.4 Å². The zero-order chi connectivity index (χ0) is 30.3. The van der Waals surface area contributed by atoms with Gasteiger partial charge in [-0.15, -0.1) is 0 Å². The molecule has 0 aliphatic carbocycles. The number of carboxylic acids is 2. The van der Waals surface area contributed by atoms with Crippen LogP contribution in [0.15, 0.2) is 37.4 Å². The Morgan fingerprint density at radius 3 is 1.49 bits per heavy atom. The Morgan fingerprint density at radius 2 is 1.07 bits per heavy atom. The molecule has 1 radical (unpaired) electrons. The van der Waals surface area contributed by atoms with Gasteiger partial charge in [0.25, 0.3) is 0 Å². The maximum absolute atomic E-state index is 11.4. The third-order valence-electron chi connectivity index (χ3n) is 8.20. The second kappa shape index (κ2) is 12.4. The number of carbonyl (C=O) groups is 2. The number of H-pyrrole nitrogens is 2. The van der Waals surface area contributed by atoms with Crippen molar-refractivity contribution in [1.29, 1.82) is 0 Å². The molecule has 2 aliphatic heterocycles. The summed E-state index contributed by atoms with van der Waals surface area (Å²) in [5.41, 5.74) is 13.3. The first-order chi connectivity index (χ1) is 20.0. The maximum atomic E-state index is 11.4. The van der Waals surface area contributed by atoms with Crippen molar-refractivity contribution in [1.82, 2.24) is 19.9 Å². The van der Waals surface area contributed by atoms with Gasteiger partial charge in [-0.05, 0) is 111 Å². The minimum atomic E-state index is -1.15. The Labute approximate surface area is 260 Å². The number of hydrogen-bond acceptors (Lipinski definition) is 6. The number of carboxylic acid groups (broad SMARTS) is 2. The number of nitrogens with one attached hydrogen (secondary N) is 2. The van der Waals surface area contributed by atoms with Gasteiger partial charge in [-0.2, -0.15) is 0 Å². The van der Waals surface area contributed by atoms with Crippen LogP contribution in [0.25, 0.3) is 56.5 Å². The summed E-state index contributed by atoms with van der Waals surface area (Å²) in [6, 6.07) is 7.78. The van der Waals surface area contributed by atoms with E-state index in [9.17, 15) is 19.8 Å². The number of rotatable bonds is 8. The molecule has 9 heteroatoms. The molecule has 2 N–H and O–H groups in total. The maximum Gasteiger partial charge on any atom is 2.00 e. The second-order valence-electron chi connectivity index (χ2n) is 10.7. The predicted octanol–water partition coefficient (Wildman–Crippen LogP) is 5.14. The molecule has 5 heterocycles. The second-order valence-corrected chi connectivity index (χ2v) is 10.7. The largest absolute Gasteiger partial charge is 2.00 e. The molecule has 0 fully saturated rings. The Kier molecular flexibility index (Phi) is 9.09. The van der Waals surface area contributed by atoms with Crippen LogP contribution in [-0.2, 0) is 26.7 Å². The van der Waals surface area contributed by atoms with Gasteiger partial charge >= 0.3 is 17.1 Å². The normalized spacial score (nSPS) is 12.7. The quantitative estimate of drug-likeness (QED) is 0.337. The molecule has 0 amide bonds. The number of aryl methyl sites for hydroxylation is 2. The van der Waals surface area contributed by atoms with Crippen LogP contribution in [0.1, 0.15) is 84.6 Å². The third-order valence-corrected chi connectivity index (χ3v) is 8.20. The van der Waals surface area contributed by atoms with Crippen molar-refractivity contribution < 1.29 is 36.9 Å². The van der Waals surface area contributed by atoms with E-state index < -0.39 is 11.9 Å². The van der Waals surface area contributed by atoms with Gasteiger partial charge in [0.2, 0.25) is 0 Å². The van der Waals surface area contributed by atoms with Gasteiger partial charge in [-0.1, -0.05) is 25.3 Å². The van der Waals surface area contributed by atoms with E-state index in [1.165, 1.54) is 0 Å². The van der Waals surface area contributed by atoms with E-state index in [-0.39, 0.29) is 42.8 Å². The summed E-state index contributed by atoms with van der Waals surface area (Å²) in [5, 5.41) is 22.8. The van der Waals surface area contributed by atoms with Crippen molar-refractivity contribution >= 4 is 68.4 Å². The Balaban J connectivity index is 0.00000423. The van der Waals surface area contributed by atoms with Crippen molar-refractivity contribution in [3.63, 3.8) is 0 Å². The van der Waals surface area contributed by atoms with Gasteiger partial charge in [-0.25, -0.2) is 9.97 Å². The molecule has 0 saturated carbocycles. The van der Waals surface area contributed by atoms with Gasteiger partial charge in [0.1, 0.15) is 0 Å². The van der Waals surface area contributed by atoms with Crippen molar-refractivity contribution in [2.75, 3.05) is 0 Å². The van der Waals surface area contributed by atoms with Crippen LogP contribution in [0, 0.1) is 13.8 Å². The molecule has 5 rings (SSSR count). The molecule has 0 saturated heterocycles. The molecule has 8 bridgehead atoms. The first kappa shape index (κ1) is 31.5. The van der Waals surface area contributed by atoms with Crippen molar-refractivity contribution in [2.24, 2.45) is 0 Å². The summed E-state index contributed by atoms with van der Waals surface area (Å²) in [6.45, 7) is 16.0. The van der Waals surface area contributed by atoms with Crippen molar-refractivity contribution in [3.8, 4) is 0 Å². The SMILES string of the molecule is C=Cc1c(C)c2cc3[nH]c(cc4nc(cc5nc(cc1[nH]2)C(C)=C5CCC(=O)[O-])C(CCC(=O)[O-])=C4C)c(C)c3C=C.[Mn+2]. The summed E-state index contributed by atoms with van der Waals surface area (Å²) in [5.74, 6) is -2.29. The summed E-state index contributed by atoms with van der Waals surface area (Å²) in [6.07, 6.45) is 3.79. The average molecular weight is 616 g/mol. The molecule has 0 unspecified atom stereocenters. The number of hydrogen-bond donors (Lipinski definition) is 2. The van der Waals surface area contributed by atoms with E-state index >= 15 is 0 Å². The van der Waals surface area contributed by atoms with E-state index in [0.29, 0.717) is 22.8 Å². The van der Waals surface area contributed by atoms with Crippen LogP contribution in [0.4, 0.5) is 0 Å². The van der Waals surface area contributed by atoms with Gasteiger partial charge in [0.15, 0.2) is 0 Å². The van der Waals surface area contributed by atoms with E-state index in [1.807, 2.05) is 58.0 Å². The van der Waals surface area contributed by atoms with Gasteiger partial charge < -0.3 is 29.8 Å². The summed E-state index contributed by atoms with van der Waals surface area (Å²) >= 11 is 0. The van der Waals surface area contributed by atoms with Crippen LogP contribution in [0.2, 0.25) is 0 Å². The van der Waals surface area contributed by atoms with E-state index in [4.69, 9.17) is 9.97 Å². The first-order valence-corrected chi connectivity index (χ1v) is 13.8. The number of aromatic amines is 2. The number of carbonyl (C=O) groups excluding carboxylic acids is 2. The van der Waals surface area contributed by atoms with Crippen LogP contribution >= 0.6 is 0 Å². The zero-order valence-corrected chi connectivity index (χ0v) is 25.8. The summed E-state index contributed by atoms with van der Waals surface area (Å²) < 4.78 is 0. The van der Waals surface area contributed by atoms with Crippen LogP contribution < -0.4 is 10.2 Å². The Morgan fingerprint density at radius 1 is 0.674 bits per heavy atom. The van der Waals surface area contributed by atoms with Crippen molar-refractivity contribution in [3.05, 3.63) is 82.5 Å². The Hall–Kier alpha value is -4.46. The summed E-state index contributed by atoms with van der Waals surface area (Å²) in [4.78, 5) is 39.7. The number of nitrogens with zero attached hydrogens (tertiary/aromatic N) is 2. The fourth-order valence-electron chi connectivity index (χ4n) is 5.76. The number of fused-ring (bicyclic) bond motifs is 8. The zero-order valence-electron chi connectivity index (χ0n) is 24.6. The fourth-order valence-corrected chi connectivity index (χ4v) is 5.76. The molecule has 219 valence electrons. The molecular formula is C34H32MnN4O4. The number of aliphatic carboxylic acids is 2. The fraction of sp³-hybridized carbons (Fsp3) is 0.235. The average Bonchev–Trinajstić information content (AvgIpc) is 3.59. The van der Waals surface area contributed by atoms with Crippen LogP contribution in [0.3, 0.4) is 0 Å². The van der Waals surface area contributed by atoms with Gasteiger partial charge in [0.05, 0.1) is 22.8 Å². The van der Waals surface area contributed by atoms with Crippen LogP contribution in [0.5, 0.6) is 0 Å². The molecule has 0 atom stereocenters. The molecule has 3 aromatic rings. The monoisotopic (exact) mass is 615 g/mol. The predicted molar refractivity (Wildman–Crippen MR) is 164 cm³/mol. The Bertz CT molecular complexity index is 1920. The molecule has 3 aromatic heterocycles. The van der Waals surface area contributed by atoms with E-state index in [1.54, 1.807) is 6.08 Å². The minimum Gasteiger partial charge on any atom is -0.550 e. The molecule has 43 heavy (non-hydrogen) atoms. The molecule has 2 aliphatic rings. The van der Waals surface area contributed by atoms with Gasteiger partial charge in [-0.3, -0.25) is 0 Å². The standard InChI is InChI=1S/C34H34N4O4.Mn/c1-7-21-17(3)25-13-26-19(5)23(9-11-33(39)40)31(37-26)16-32-24(10-12-34(41)42)20(6)28(38-32)15-30-22(8-2)18(4)27(36-30)14-29(21)35-25;/h7-8,13-16,35-36H,1-2,9-12H2,3-6H3,(H,39,40)(H,41,42);/q;+2/p-2. The molecule has 0 aromatic carbocycles. The topological polar surface area (TPSA) is 138 Å². The smallest absolute Gasteiger partial charge is 0.550 e. The molecule has 0 spiro atoms. The van der Waals surface area contributed by atoms with E-state index in [2.05, 4.69) is 23.1 Å². The van der Waals surface area contributed by atoms with E-state index in [0.717, 1.165) is 66.6 Å². The summed E-state index contributed by atoms with van der Waals surface area (Å²) in [7, 11) is 0. The number of allylic oxidation sites excluding steroid dienone is 4. The first-order valence-electron chi connectivity index (χ1n) is 13.8.